The third kappa shape index (κ3) is 1.82. The van der Waals surface area contributed by atoms with Gasteiger partial charge in [0.2, 0.25) is 0 Å². The average molecular weight is 150 g/mol. The largest absolute Gasteiger partial charge is 0.508 e. The smallest absolute Gasteiger partial charge is 0.115 e. The Balaban J connectivity index is 2.90. The Labute approximate surface area is 65.4 Å². The molecule has 0 amide bonds. The molecule has 0 aliphatic carbocycles. The van der Waals surface area contributed by atoms with Crippen LogP contribution in [0.2, 0.25) is 0 Å². The summed E-state index contributed by atoms with van der Waals surface area (Å²) in [6.07, 6.45) is 0. The van der Waals surface area contributed by atoms with Crippen molar-refractivity contribution in [3.63, 3.8) is 0 Å². The molecule has 0 atom stereocenters. The van der Waals surface area contributed by atoms with E-state index in [0.717, 1.165) is 5.56 Å². The lowest BCUT2D eigenvalue weighted by Crippen LogP contribution is -1.86. The highest BCUT2D eigenvalue weighted by atomic mass is 16.3. The van der Waals surface area contributed by atoms with Gasteiger partial charge < -0.3 is 10.2 Å². The quantitative estimate of drug-likeness (QED) is 0.669. The lowest BCUT2D eigenvalue weighted by atomic mass is 10.1. The van der Waals surface area contributed by atoms with Gasteiger partial charge in [0, 0.05) is 0 Å². The highest BCUT2D eigenvalue weighted by molar-refractivity contribution is 5.64. The Morgan fingerprint density at radius 2 is 1.82 bits per heavy atom. The lowest BCUT2D eigenvalue weighted by molar-refractivity contribution is 0.350. The zero-order chi connectivity index (χ0) is 8.27. The molecule has 0 aliphatic rings. The van der Waals surface area contributed by atoms with E-state index in [1.54, 1.807) is 24.3 Å². The predicted molar refractivity (Wildman–Crippen MR) is 44.2 cm³/mol. The molecule has 0 spiro atoms. The van der Waals surface area contributed by atoms with Gasteiger partial charge in [-0.3, -0.25) is 0 Å². The number of aromatic hydroxyl groups is 1. The maximum Gasteiger partial charge on any atom is 0.115 e. The Bertz CT molecular complexity index is 249. The first-order valence-corrected chi connectivity index (χ1v) is 3.32. The molecule has 0 aromatic heterocycles. The van der Waals surface area contributed by atoms with Crippen molar-refractivity contribution in [3.05, 3.63) is 36.4 Å². The fourth-order valence-electron chi connectivity index (χ4n) is 0.788. The SMILES string of the molecule is C=C(CO)c1ccc(O)cc1. The van der Waals surface area contributed by atoms with E-state index in [1.165, 1.54) is 0 Å². The standard InChI is InChI=1S/C9H10O2/c1-7(6-10)8-2-4-9(11)5-3-8/h2-5,10-11H,1,6H2. The summed E-state index contributed by atoms with van der Waals surface area (Å²) < 4.78 is 0. The number of aliphatic hydroxyl groups is 1. The fourth-order valence-corrected chi connectivity index (χ4v) is 0.788. The molecule has 11 heavy (non-hydrogen) atoms. The molecule has 1 rings (SSSR count). The van der Waals surface area contributed by atoms with Crippen molar-refractivity contribution in [1.82, 2.24) is 0 Å². The van der Waals surface area contributed by atoms with Gasteiger partial charge in [-0.15, -0.1) is 0 Å². The fraction of sp³-hybridized carbons (Fsp3) is 0.111. The van der Waals surface area contributed by atoms with Crippen molar-refractivity contribution in [3.8, 4) is 5.75 Å². The number of phenolic OH excluding ortho intramolecular Hbond substituents is 1. The number of hydrogen-bond donors (Lipinski definition) is 2. The van der Waals surface area contributed by atoms with Crippen LogP contribution in [0, 0.1) is 0 Å². The van der Waals surface area contributed by atoms with Crippen LogP contribution >= 0.6 is 0 Å². The molecule has 1 aromatic rings. The van der Waals surface area contributed by atoms with Gasteiger partial charge in [0.25, 0.3) is 0 Å². The second-order valence-corrected chi connectivity index (χ2v) is 2.31. The Hall–Kier alpha value is -1.28. The maximum absolute atomic E-state index is 8.92. The first kappa shape index (κ1) is 7.82. The molecule has 0 saturated heterocycles. The first-order valence-electron chi connectivity index (χ1n) is 3.32. The van der Waals surface area contributed by atoms with Crippen molar-refractivity contribution in [2.45, 2.75) is 0 Å². The maximum atomic E-state index is 8.92. The van der Waals surface area contributed by atoms with Crippen LogP contribution in [0.25, 0.3) is 5.57 Å². The van der Waals surface area contributed by atoms with E-state index in [1.807, 2.05) is 0 Å². The van der Waals surface area contributed by atoms with Gasteiger partial charge in [-0.2, -0.15) is 0 Å². The van der Waals surface area contributed by atoms with E-state index >= 15 is 0 Å². The summed E-state index contributed by atoms with van der Waals surface area (Å²) in [7, 11) is 0. The van der Waals surface area contributed by atoms with Crippen LogP contribution in [-0.2, 0) is 0 Å². The molecule has 0 saturated carbocycles. The second-order valence-electron chi connectivity index (χ2n) is 2.31. The molecule has 1 aromatic carbocycles. The molecule has 2 nitrogen and oxygen atoms in total. The lowest BCUT2D eigenvalue weighted by Gasteiger charge is -2.00. The zero-order valence-corrected chi connectivity index (χ0v) is 6.12. The molecule has 0 fully saturated rings. The average Bonchev–Trinajstić information content (AvgIpc) is 2.05. The molecule has 0 unspecified atom stereocenters. The van der Waals surface area contributed by atoms with E-state index in [9.17, 15) is 0 Å². The van der Waals surface area contributed by atoms with Crippen molar-refractivity contribution in [1.29, 1.82) is 0 Å². The summed E-state index contributed by atoms with van der Waals surface area (Å²) in [5.41, 5.74) is 1.51. The second kappa shape index (κ2) is 3.21. The summed E-state index contributed by atoms with van der Waals surface area (Å²) >= 11 is 0. The van der Waals surface area contributed by atoms with Crippen molar-refractivity contribution in [2.24, 2.45) is 0 Å². The minimum absolute atomic E-state index is 0.0508. The summed E-state index contributed by atoms with van der Waals surface area (Å²) in [6.45, 7) is 3.59. The van der Waals surface area contributed by atoms with Crippen LogP contribution < -0.4 is 0 Å². The molecule has 58 valence electrons. The normalized spacial score (nSPS) is 9.55. The number of aliphatic hydroxyl groups excluding tert-OH is 1. The molecular weight excluding hydrogens is 140 g/mol. The molecule has 0 bridgehead atoms. The van der Waals surface area contributed by atoms with Gasteiger partial charge in [0.05, 0.1) is 6.61 Å². The van der Waals surface area contributed by atoms with E-state index < -0.39 is 0 Å². The van der Waals surface area contributed by atoms with Crippen LogP contribution in [0.5, 0.6) is 5.75 Å². The third-order valence-corrected chi connectivity index (χ3v) is 1.47. The van der Waals surface area contributed by atoms with Gasteiger partial charge in [-0.1, -0.05) is 18.7 Å². The summed E-state index contributed by atoms with van der Waals surface area (Å²) in [5, 5.41) is 17.6. The van der Waals surface area contributed by atoms with Crippen molar-refractivity contribution < 1.29 is 10.2 Å². The Morgan fingerprint density at radius 3 is 2.27 bits per heavy atom. The van der Waals surface area contributed by atoms with Crippen LogP contribution in [0.15, 0.2) is 30.8 Å². The third-order valence-electron chi connectivity index (χ3n) is 1.47. The predicted octanol–water partition coefficient (Wildman–Crippen LogP) is 1.40. The number of phenols is 1. The first-order chi connectivity index (χ1) is 5.24. The molecule has 0 aliphatic heterocycles. The van der Waals surface area contributed by atoms with Gasteiger partial charge in [-0.05, 0) is 23.3 Å². The van der Waals surface area contributed by atoms with Gasteiger partial charge in [-0.25, -0.2) is 0 Å². The van der Waals surface area contributed by atoms with E-state index in [0.29, 0.717) is 5.57 Å². The van der Waals surface area contributed by atoms with Crippen molar-refractivity contribution in [2.75, 3.05) is 6.61 Å². The number of benzene rings is 1. The van der Waals surface area contributed by atoms with Crippen LogP contribution in [0.3, 0.4) is 0 Å². The van der Waals surface area contributed by atoms with Crippen LogP contribution in [0.1, 0.15) is 5.56 Å². The number of hydrogen-bond acceptors (Lipinski definition) is 2. The molecule has 0 heterocycles. The highest BCUT2D eigenvalue weighted by Gasteiger charge is 1.95. The molecule has 0 radical (unpaired) electrons. The summed E-state index contributed by atoms with van der Waals surface area (Å²) in [6, 6.07) is 6.56. The molecular formula is C9H10O2. The van der Waals surface area contributed by atoms with Gasteiger partial charge in [0.1, 0.15) is 5.75 Å². The van der Waals surface area contributed by atoms with E-state index in [4.69, 9.17) is 10.2 Å². The number of rotatable bonds is 2. The zero-order valence-electron chi connectivity index (χ0n) is 6.12. The minimum atomic E-state index is -0.0508. The summed E-state index contributed by atoms with van der Waals surface area (Å²) in [5.74, 6) is 0.222. The Kier molecular flexibility index (Phi) is 2.28. The van der Waals surface area contributed by atoms with Crippen LogP contribution in [-0.4, -0.2) is 16.8 Å². The summed E-state index contributed by atoms with van der Waals surface area (Å²) in [4.78, 5) is 0. The molecule has 2 heteroatoms. The Morgan fingerprint density at radius 1 is 1.27 bits per heavy atom. The molecule has 2 N–H and O–H groups in total. The van der Waals surface area contributed by atoms with Crippen molar-refractivity contribution >= 4 is 5.57 Å². The van der Waals surface area contributed by atoms with Gasteiger partial charge >= 0.3 is 0 Å². The topological polar surface area (TPSA) is 40.5 Å². The van der Waals surface area contributed by atoms with Gasteiger partial charge in [0.15, 0.2) is 0 Å². The minimum Gasteiger partial charge on any atom is -0.508 e. The van der Waals surface area contributed by atoms with E-state index in [2.05, 4.69) is 6.58 Å². The monoisotopic (exact) mass is 150 g/mol. The van der Waals surface area contributed by atoms with E-state index in [-0.39, 0.29) is 12.4 Å². The highest BCUT2D eigenvalue weighted by Crippen LogP contribution is 2.15. The van der Waals surface area contributed by atoms with Crippen LogP contribution in [0.4, 0.5) is 0 Å².